The Kier molecular flexibility index (Phi) is 4.52. The average molecular weight is 277 g/mol. The Balaban J connectivity index is 2.23. The number of rotatable bonds is 6. The molecule has 1 aromatic heterocycles. The fraction of sp³-hybridized carbons (Fsp3) is 0.400. The van der Waals surface area contributed by atoms with Crippen molar-refractivity contribution in [1.82, 2.24) is 9.78 Å². The van der Waals surface area contributed by atoms with E-state index < -0.39 is 5.41 Å². The van der Waals surface area contributed by atoms with Crippen molar-refractivity contribution in [3.63, 3.8) is 0 Å². The summed E-state index contributed by atoms with van der Waals surface area (Å²) in [6.45, 7) is 0.0232. The molecule has 2 rings (SSSR count). The van der Waals surface area contributed by atoms with Gasteiger partial charge in [0.2, 0.25) is 0 Å². The van der Waals surface area contributed by atoms with E-state index >= 15 is 0 Å². The first-order chi connectivity index (χ1) is 9.61. The quantitative estimate of drug-likeness (QED) is 0.838. The Bertz CT molecular complexity index is 564. The van der Waals surface area contributed by atoms with Gasteiger partial charge in [0.25, 0.3) is 0 Å². The van der Waals surface area contributed by atoms with Crippen molar-refractivity contribution in [3.05, 3.63) is 53.6 Å². The van der Waals surface area contributed by atoms with Crippen molar-refractivity contribution in [1.29, 1.82) is 0 Å². The van der Waals surface area contributed by atoms with Crippen LogP contribution in [0.3, 0.4) is 0 Å². The summed E-state index contributed by atoms with van der Waals surface area (Å²) in [4.78, 5) is 0. The number of hydrogen-bond acceptors (Lipinski definition) is 3. The van der Waals surface area contributed by atoms with Gasteiger partial charge in [0.1, 0.15) is 5.82 Å². The number of nitrogens with two attached hydrogens (primary N) is 1. The van der Waals surface area contributed by atoms with Crippen LogP contribution in [0.4, 0.5) is 4.39 Å². The van der Waals surface area contributed by atoms with Crippen LogP contribution in [0, 0.1) is 5.82 Å². The van der Waals surface area contributed by atoms with Crippen LogP contribution in [0.1, 0.15) is 17.5 Å². The molecule has 3 N–H and O–H groups in total. The summed E-state index contributed by atoms with van der Waals surface area (Å²) >= 11 is 0. The summed E-state index contributed by atoms with van der Waals surface area (Å²) in [7, 11) is 1.85. The highest BCUT2D eigenvalue weighted by atomic mass is 19.1. The molecule has 1 unspecified atom stereocenters. The van der Waals surface area contributed by atoms with Crippen LogP contribution >= 0.6 is 0 Å². The van der Waals surface area contributed by atoms with Crippen molar-refractivity contribution in [2.75, 3.05) is 13.2 Å². The lowest BCUT2D eigenvalue weighted by atomic mass is 9.76. The molecule has 0 saturated carbocycles. The van der Waals surface area contributed by atoms with Gasteiger partial charge in [0.05, 0.1) is 12.8 Å². The summed E-state index contributed by atoms with van der Waals surface area (Å²) < 4.78 is 15.7. The smallest absolute Gasteiger partial charge is 0.127 e. The second kappa shape index (κ2) is 6.15. The van der Waals surface area contributed by atoms with E-state index in [1.807, 2.05) is 13.2 Å². The second-order valence-corrected chi connectivity index (χ2v) is 5.14. The molecular weight excluding hydrogens is 257 g/mol. The molecule has 108 valence electrons. The predicted octanol–water partition coefficient (Wildman–Crippen LogP) is 1.38. The van der Waals surface area contributed by atoms with Gasteiger partial charge >= 0.3 is 0 Å². The highest BCUT2D eigenvalue weighted by Crippen LogP contribution is 2.30. The minimum Gasteiger partial charge on any atom is -0.395 e. The van der Waals surface area contributed by atoms with E-state index in [4.69, 9.17) is 5.73 Å². The SMILES string of the molecule is Cn1cc(CCC(CN)(CO)c2ccccc2F)cn1. The lowest BCUT2D eigenvalue weighted by Crippen LogP contribution is -2.40. The number of halogens is 1. The second-order valence-electron chi connectivity index (χ2n) is 5.14. The van der Waals surface area contributed by atoms with E-state index in [9.17, 15) is 9.50 Å². The van der Waals surface area contributed by atoms with Gasteiger partial charge in [-0.15, -0.1) is 0 Å². The van der Waals surface area contributed by atoms with Gasteiger partial charge in [-0.25, -0.2) is 4.39 Å². The molecule has 0 amide bonds. The molecule has 0 spiro atoms. The van der Waals surface area contributed by atoms with E-state index in [0.29, 0.717) is 18.4 Å². The van der Waals surface area contributed by atoms with Crippen LogP contribution in [0.5, 0.6) is 0 Å². The Morgan fingerprint density at radius 2 is 2.15 bits per heavy atom. The summed E-state index contributed by atoms with van der Waals surface area (Å²) in [5.41, 5.74) is 6.62. The molecule has 1 atom stereocenters. The highest BCUT2D eigenvalue weighted by molar-refractivity contribution is 5.28. The highest BCUT2D eigenvalue weighted by Gasteiger charge is 2.32. The van der Waals surface area contributed by atoms with E-state index in [-0.39, 0.29) is 19.0 Å². The largest absolute Gasteiger partial charge is 0.395 e. The van der Waals surface area contributed by atoms with Gasteiger partial charge in [0, 0.05) is 25.2 Å². The van der Waals surface area contributed by atoms with Crippen molar-refractivity contribution < 1.29 is 9.50 Å². The van der Waals surface area contributed by atoms with Crippen molar-refractivity contribution in [2.45, 2.75) is 18.3 Å². The average Bonchev–Trinajstić information content (AvgIpc) is 2.88. The lowest BCUT2D eigenvalue weighted by Gasteiger charge is -2.31. The van der Waals surface area contributed by atoms with E-state index in [1.54, 1.807) is 29.1 Å². The summed E-state index contributed by atoms with van der Waals surface area (Å²) in [6.07, 6.45) is 4.96. The molecule has 1 heterocycles. The lowest BCUT2D eigenvalue weighted by molar-refractivity contribution is 0.184. The van der Waals surface area contributed by atoms with Crippen LogP contribution in [-0.4, -0.2) is 28.0 Å². The van der Waals surface area contributed by atoms with Gasteiger partial charge in [-0.3, -0.25) is 4.68 Å². The minimum absolute atomic E-state index is 0.176. The van der Waals surface area contributed by atoms with Gasteiger partial charge in [-0.2, -0.15) is 5.10 Å². The Morgan fingerprint density at radius 1 is 1.40 bits per heavy atom. The van der Waals surface area contributed by atoms with Crippen LogP contribution in [0.15, 0.2) is 36.7 Å². The first kappa shape index (κ1) is 14.7. The topological polar surface area (TPSA) is 64.1 Å². The zero-order valence-electron chi connectivity index (χ0n) is 11.6. The summed E-state index contributed by atoms with van der Waals surface area (Å²) in [6, 6.07) is 6.50. The van der Waals surface area contributed by atoms with Crippen LogP contribution < -0.4 is 5.73 Å². The molecule has 0 aliphatic rings. The molecule has 20 heavy (non-hydrogen) atoms. The van der Waals surface area contributed by atoms with Crippen molar-refractivity contribution in [3.8, 4) is 0 Å². The third-order valence-electron chi connectivity index (χ3n) is 3.79. The first-order valence-electron chi connectivity index (χ1n) is 6.65. The standard InChI is InChI=1S/C15H20FN3O/c1-19-9-12(8-18-19)6-7-15(10-17,11-20)13-4-2-3-5-14(13)16/h2-5,8-9,20H,6-7,10-11,17H2,1H3. The molecule has 1 aromatic carbocycles. The molecule has 0 bridgehead atoms. The summed E-state index contributed by atoms with van der Waals surface area (Å²) in [5, 5.41) is 13.9. The predicted molar refractivity (Wildman–Crippen MR) is 75.7 cm³/mol. The van der Waals surface area contributed by atoms with Gasteiger partial charge in [0.15, 0.2) is 0 Å². The number of benzene rings is 1. The van der Waals surface area contributed by atoms with E-state index in [0.717, 1.165) is 5.56 Å². The number of aliphatic hydroxyl groups is 1. The molecule has 2 aromatic rings. The van der Waals surface area contributed by atoms with Crippen LogP contribution in [0.2, 0.25) is 0 Å². The maximum absolute atomic E-state index is 14.0. The molecule has 0 fully saturated rings. The molecule has 0 aliphatic heterocycles. The van der Waals surface area contributed by atoms with Gasteiger partial charge < -0.3 is 10.8 Å². The normalized spacial score (nSPS) is 14.2. The maximum Gasteiger partial charge on any atom is 0.127 e. The fourth-order valence-electron chi connectivity index (χ4n) is 2.45. The maximum atomic E-state index is 14.0. The fourth-order valence-corrected chi connectivity index (χ4v) is 2.45. The third-order valence-corrected chi connectivity index (χ3v) is 3.79. The number of nitrogens with zero attached hydrogens (tertiary/aromatic N) is 2. The Morgan fingerprint density at radius 3 is 2.70 bits per heavy atom. The monoisotopic (exact) mass is 277 g/mol. The Labute approximate surface area is 118 Å². The Hall–Kier alpha value is -1.72. The number of aliphatic hydroxyl groups excluding tert-OH is 1. The third kappa shape index (κ3) is 2.89. The molecular formula is C15H20FN3O. The minimum atomic E-state index is -0.749. The van der Waals surface area contributed by atoms with E-state index in [1.165, 1.54) is 6.07 Å². The number of aromatic nitrogens is 2. The summed E-state index contributed by atoms with van der Waals surface area (Å²) in [5.74, 6) is -0.321. The van der Waals surface area contributed by atoms with Gasteiger partial charge in [-0.1, -0.05) is 18.2 Å². The van der Waals surface area contributed by atoms with Crippen LogP contribution in [0.25, 0.3) is 0 Å². The molecule has 0 aliphatic carbocycles. The molecule has 0 radical (unpaired) electrons. The number of aryl methyl sites for hydroxylation is 2. The van der Waals surface area contributed by atoms with Crippen molar-refractivity contribution >= 4 is 0 Å². The molecule has 4 nitrogen and oxygen atoms in total. The zero-order valence-corrected chi connectivity index (χ0v) is 11.6. The zero-order chi connectivity index (χ0) is 14.6. The first-order valence-corrected chi connectivity index (χ1v) is 6.65. The van der Waals surface area contributed by atoms with Gasteiger partial charge in [-0.05, 0) is 30.0 Å². The van der Waals surface area contributed by atoms with E-state index in [2.05, 4.69) is 5.10 Å². The number of hydrogen-bond donors (Lipinski definition) is 2. The van der Waals surface area contributed by atoms with Crippen LogP contribution in [-0.2, 0) is 18.9 Å². The molecule has 0 saturated heterocycles. The van der Waals surface area contributed by atoms with Crippen molar-refractivity contribution in [2.24, 2.45) is 12.8 Å². The molecule has 5 heteroatoms.